The van der Waals surface area contributed by atoms with Crippen molar-refractivity contribution in [3.05, 3.63) is 58.1 Å². The molecule has 2 aromatic rings. The van der Waals surface area contributed by atoms with Crippen LogP contribution in [-0.4, -0.2) is 16.6 Å². The molecule has 0 saturated heterocycles. The zero-order valence-corrected chi connectivity index (χ0v) is 10.2. The lowest BCUT2D eigenvalue weighted by atomic mass is 9.98. The summed E-state index contributed by atoms with van der Waals surface area (Å²) in [5, 5.41) is 19.8. The number of hydrogen-bond donors (Lipinski definition) is 2. The van der Waals surface area contributed by atoms with E-state index in [1.807, 2.05) is 18.2 Å². The minimum Gasteiger partial charge on any atom is -0.398 e. The number of para-hydroxylation sites is 1. The van der Waals surface area contributed by atoms with Gasteiger partial charge in [0.05, 0.1) is 4.92 Å². The summed E-state index contributed by atoms with van der Waals surface area (Å²) >= 11 is 0. The van der Waals surface area contributed by atoms with E-state index in [-0.39, 0.29) is 12.3 Å². The summed E-state index contributed by atoms with van der Waals surface area (Å²) in [5.41, 5.74) is 8.92. The van der Waals surface area contributed by atoms with E-state index in [0.29, 0.717) is 17.7 Å². The number of rotatable bonds is 4. The van der Waals surface area contributed by atoms with Gasteiger partial charge in [-0.15, -0.1) is 0 Å². The lowest BCUT2D eigenvalue weighted by molar-refractivity contribution is -0.384. The molecule has 19 heavy (non-hydrogen) atoms. The van der Waals surface area contributed by atoms with Crippen LogP contribution in [0.5, 0.6) is 0 Å². The highest BCUT2D eigenvalue weighted by Crippen LogP contribution is 2.30. The number of aliphatic hydroxyl groups is 1. The Morgan fingerprint density at radius 1 is 1.21 bits per heavy atom. The van der Waals surface area contributed by atoms with Gasteiger partial charge in [0.1, 0.15) is 0 Å². The molecule has 5 nitrogen and oxygen atoms in total. The zero-order valence-electron chi connectivity index (χ0n) is 10.2. The molecule has 0 unspecified atom stereocenters. The molecule has 0 aliphatic rings. The predicted molar refractivity (Wildman–Crippen MR) is 73.7 cm³/mol. The summed E-state index contributed by atoms with van der Waals surface area (Å²) in [7, 11) is 0. The number of nitrogens with zero attached hydrogens (tertiary/aromatic N) is 1. The first kappa shape index (κ1) is 13.0. The first-order valence-corrected chi connectivity index (χ1v) is 5.86. The van der Waals surface area contributed by atoms with E-state index in [1.165, 1.54) is 12.1 Å². The molecule has 3 N–H and O–H groups in total. The van der Waals surface area contributed by atoms with Crippen molar-refractivity contribution in [2.45, 2.75) is 6.42 Å². The Kier molecular flexibility index (Phi) is 3.77. The molecule has 5 heteroatoms. The number of nitro benzene ring substituents is 1. The highest BCUT2D eigenvalue weighted by atomic mass is 16.6. The second-order valence-electron chi connectivity index (χ2n) is 4.16. The number of anilines is 1. The Hall–Kier alpha value is -2.40. The molecule has 0 fully saturated rings. The van der Waals surface area contributed by atoms with Crippen molar-refractivity contribution in [1.82, 2.24) is 0 Å². The van der Waals surface area contributed by atoms with E-state index in [9.17, 15) is 10.1 Å². The molecule has 0 amide bonds. The Balaban J connectivity index is 2.49. The molecule has 0 heterocycles. The minimum absolute atomic E-state index is 0.0165. The number of aliphatic hydroxyl groups excluding tert-OH is 1. The summed E-state index contributed by atoms with van der Waals surface area (Å²) in [6.07, 6.45) is 0.467. The number of nitrogens with two attached hydrogens (primary N) is 1. The topological polar surface area (TPSA) is 89.4 Å². The number of hydrogen-bond acceptors (Lipinski definition) is 4. The first-order valence-electron chi connectivity index (χ1n) is 5.86. The largest absolute Gasteiger partial charge is 0.398 e. The number of nitro groups is 1. The van der Waals surface area contributed by atoms with Crippen molar-refractivity contribution in [1.29, 1.82) is 0 Å². The van der Waals surface area contributed by atoms with Crippen LogP contribution in [0.4, 0.5) is 11.4 Å². The Bertz CT molecular complexity index is 611. The first-order chi connectivity index (χ1) is 9.13. The van der Waals surface area contributed by atoms with Crippen molar-refractivity contribution in [2.24, 2.45) is 0 Å². The number of nitrogen functional groups attached to an aromatic ring is 1. The third-order valence-electron chi connectivity index (χ3n) is 2.95. The average Bonchev–Trinajstić information content (AvgIpc) is 2.41. The molecule has 0 radical (unpaired) electrons. The molecule has 2 rings (SSSR count). The molecule has 98 valence electrons. The fourth-order valence-corrected chi connectivity index (χ4v) is 1.99. The van der Waals surface area contributed by atoms with E-state index in [2.05, 4.69) is 0 Å². The van der Waals surface area contributed by atoms with E-state index in [4.69, 9.17) is 10.8 Å². The maximum Gasteiger partial charge on any atom is 0.270 e. The van der Waals surface area contributed by atoms with E-state index >= 15 is 0 Å². The predicted octanol–water partition coefficient (Wildman–Crippen LogP) is 2.38. The molecule has 0 bridgehead atoms. The van der Waals surface area contributed by atoms with E-state index in [1.54, 1.807) is 12.1 Å². The highest BCUT2D eigenvalue weighted by Gasteiger charge is 2.10. The van der Waals surface area contributed by atoms with E-state index < -0.39 is 4.92 Å². The van der Waals surface area contributed by atoms with Crippen LogP contribution in [0.25, 0.3) is 11.1 Å². The quantitative estimate of drug-likeness (QED) is 0.500. The molecule has 0 saturated carbocycles. The van der Waals surface area contributed by atoms with Crippen LogP contribution in [-0.2, 0) is 6.42 Å². The van der Waals surface area contributed by atoms with Gasteiger partial charge < -0.3 is 10.8 Å². The van der Waals surface area contributed by atoms with Crippen LogP contribution in [0.3, 0.4) is 0 Å². The van der Waals surface area contributed by atoms with E-state index in [0.717, 1.165) is 11.1 Å². The molecule has 0 aromatic heterocycles. The summed E-state index contributed by atoms with van der Waals surface area (Å²) in [5.74, 6) is 0. The van der Waals surface area contributed by atoms with Gasteiger partial charge in [0.25, 0.3) is 5.69 Å². The Labute approximate surface area is 110 Å². The fourth-order valence-electron chi connectivity index (χ4n) is 1.99. The van der Waals surface area contributed by atoms with Crippen LogP contribution < -0.4 is 5.73 Å². The Morgan fingerprint density at radius 2 is 1.95 bits per heavy atom. The van der Waals surface area contributed by atoms with Crippen molar-refractivity contribution in [2.75, 3.05) is 12.3 Å². The van der Waals surface area contributed by atoms with Crippen LogP contribution >= 0.6 is 0 Å². The molecular weight excluding hydrogens is 244 g/mol. The standard InChI is InChI=1S/C14H14N2O3/c15-14-10(7-8-17)3-2-6-13(14)11-4-1-5-12(9-11)16(18)19/h1-6,9,17H,7-8,15H2. The molecule has 0 aliphatic heterocycles. The molecule has 0 aliphatic carbocycles. The van der Waals surface area contributed by atoms with Crippen LogP contribution in [0.15, 0.2) is 42.5 Å². The van der Waals surface area contributed by atoms with Crippen LogP contribution in [0.2, 0.25) is 0 Å². The SMILES string of the molecule is Nc1c(CCO)cccc1-c1cccc([N+](=O)[O-])c1. The van der Waals surface area contributed by atoms with Crippen molar-refractivity contribution in [3.8, 4) is 11.1 Å². The summed E-state index contributed by atoms with van der Waals surface area (Å²) in [4.78, 5) is 10.3. The highest BCUT2D eigenvalue weighted by molar-refractivity contribution is 5.79. The van der Waals surface area contributed by atoms with Crippen LogP contribution in [0, 0.1) is 10.1 Å². The zero-order chi connectivity index (χ0) is 13.8. The summed E-state index contributed by atoms with van der Waals surface area (Å²) < 4.78 is 0. The van der Waals surface area contributed by atoms with Gasteiger partial charge in [-0.25, -0.2) is 0 Å². The summed E-state index contributed by atoms with van der Waals surface area (Å²) in [6, 6.07) is 11.8. The van der Waals surface area contributed by atoms with Gasteiger partial charge in [-0.3, -0.25) is 10.1 Å². The van der Waals surface area contributed by atoms with Crippen LogP contribution in [0.1, 0.15) is 5.56 Å². The van der Waals surface area contributed by atoms with Gasteiger partial charge in [0.15, 0.2) is 0 Å². The monoisotopic (exact) mass is 258 g/mol. The third-order valence-corrected chi connectivity index (χ3v) is 2.95. The van der Waals surface area contributed by atoms with Crippen molar-refractivity contribution >= 4 is 11.4 Å². The molecule has 0 spiro atoms. The van der Waals surface area contributed by atoms with Crippen molar-refractivity contribution in [3.63, 3.8) is 0 Å². The maximum atomic E-state index is 10.8. The number of benzene rings is 2. The fraction of sp³-hybridized carbons (Fsp3) is 0.143. The Morgan fingerprint density at radius 3 is 2.63 bits per heavy atom. The van der Waals surface area contributed by atoms with Gasteiger partial charge in [0, 0.05) is 30.0 Å². The summed E-state index contributed by atoms with van der Waals surface area (Å²) in [6.45, 7) is 0.0165. The molecular formula is C14H14N2O3. The lowest BCUT2D eigenvalue weighted by Crippen LogP contribution is -2.00. The normalized spacial score (nSPS) is 10.4. The molecule has 0 atom stereocenters. The third kappa shape index (κ3) is 2.71. The van der Waals surface area contributed by atoms with Crippen molar-refractivity contribution < 1.29 is 10.0 Å². The number of non-ortho nitro benzene ring substituents is 1. The minimum atomic E-state index is -0.433. The maximum absolute atomic E-state index is 10.8. The van der Waals surface area contributed by atoms with Gasteiger partial charge in [-0.05, 0) is 17.5 Å². The molecule has 2 aromatic carbocycles. The lowest BCUT2D eigenvalue weighted by Gasteiger charge is -2.10. The van der Waals surface area contributed by atoms with Gasteiger partial charge in [-0.2, -0.15) is 0 Å². The van der Waals surface area contributed by atoms with Gasteiger partial charge >= 0.3 is 0 Å². The van der Waals surface area contributed by atoms with Gasteiger partial charge in [0.2, 0.25) is 0 Å². The second-order valence-corrected chi connectivity index (χ2v) is 4.16. The van der Waals surface area contributed by atoms with Gasteiger partial charge in [-0.1, -0.05) is 30.3 Å². The second kappa shape index (κ2) is 5.49. The average molecular weight is 258 g/mol. The smallest absolute Gasteiger partial charge is 0.270 e.